The molecule has 0 aromatic heterocycles. The van der Waals surface area contributed by atoms with Crippen LogP contribution in [0.15, 0.2) is 0 Å². The molecule has 1 unspecified atom stereocenters. The molecular formula is C2H7INO2P. The van der Waals surface area contributed by atoms with Gasteiger partial charge in [0.1, 0.15) is 23.0 Å². The van der Waals surface area contributed by atoms with Crippen LogP contribution in [0.2, 0.25) is 0 Å². The third kappa shape index (κ3) is 3.46. The summed E-state index contributed by atoms with van der Waals surface area (Å²) < 4.78 is 9.25. The maximum absolute atomic E-state index is 7.08. The van der Waals surface area contributed by atoms with E-state index >= 15 is 0 Å². The predicted molar refractivity (Wildman–Crippen MR) is 37.7 cm³/mol. The van der Waals surface area contributed by atoms with E-state index in [0.29, 0.717) is 0 Å². The minimum absolute atomic E-state index is 1.47. The van der Waals surface area contributed by atoms with Gasteiger partial charge in [-0.05, 0) is 0 Å². The zero-order valence-electron chi connectivity index (χ0n) is 4.14. The minimum atomic E-state index is -2.17. The Morgan fingerprint density at radius 3 is 2.14 bits per heavy atom. The quantitative estimate of drug-likeness (QED) is 0.589. The largest absolute Gasteiger partial charge is 0.327 e. The van der Waals surface area contributed by atoms with Crippen LogP contribution in [0, 0.1) is 5.16 Å². The van der Waals surface area contributed by atoms with E-state index in [4.69, 9.17) is 5.16 Å². The fraction of sp³-hybridized carbons (Fsp3) is 1.00. The molecule has 0 aliphatic carbocycles. The van der Waals surface area contributed by atoms with E-state index in [2.05, 4.69) is 7.38 Å². The van der Waals surface area contributed by atoms with Crippen LogP contribution in [0.5, 0.6) is 0 Å². The van der Waals surface area contributed by atoms with Crippen molar-refractivity contribution in [3.8, 4) is 0 Å². The van der Waals surface area contributed by atoms with Crippen molar-refractivity contribution in [3.63, 3.8) is 0 Å². The topological polar surface area (TPSA) is 42.3 Å². The van der Waals surface area contributed by atoms with Crippen LogP contribution in [0.25, 0.3) is 0 Å². The Balaban J connectivity index is 3.61. The molecule has 0 saturated heterocycles. The third-order valence-corrected chi connectivity index (χ3v) is 3.70. The number of nitrogens with one attached hydrogen (secondary N) is 1. The summed E-state index contributed by atoms with van der Waals surface area (Å²) in [6.45, 7) is 1.62. The molecule has 1 N–H and O–H groups in total. The second-order valence-corrected chi connectivity index (χ2v) is 4.47. The summed E-state index contributed by atoms with van der Waals surface area (Å²) in [5.41, 5.74) is 0. The van der Waals surface area contributed by atoms with Gasteiger partial charge >= 0.3 is 0 Å². The van der Waals surface area contributed by atoms with E-state index in [9.17, 15) is 0 Å². The van der Waals surface area contributed by atoms with Gasteiger partial charge in [0, 0.05) is 13.8 Å². The summed E-state index contributed by atoms with van der Waals surface area (Å²) >= 11 is 1.67. The summed E-state index contributed by atoms with van der Waals surface area (Å²) in [6.07, 6.45) is 0. The van der Waals surface area contributed by atoms with Gasteiger partial charge in [0.15, 0.2) is 0 Å². The summed E-state index contributed by atoms with van der Waals surface area (Å²) in [5.74, 6) is 0. The highest BCUT2D eigenvalue weighted by atomic mass is 127. The molecule has 0 radical (unpaired) electrons. The average Bonchev–Trinajstić information content (AvgIpc) is 1.68. The molecule has 0 aliphatic heterocycles. The first-order valence-electron chi connectivity index (χ1n) is 1.60. The van der Waals surface area contributed by atoms with Crippen molar-refractivity contribution in [2.45, 2.75) is 0 Å². The first kappa shape index (κ1) is 7.88. The van der Waals surface area contributed by atoms with Gasteiger partial charge in [-0.2, -0.15) is 0 Å². The third-order valence-electron chi connectivity index (χ3n) is 0.480. The lowest BCUT2D eigenvalue weighted by Gasteiger charge is -2.07. The lowest BCUT2D eigenvalue weighted by Crippen LogP contribution is -1.76. The molecule has 0 aromatic rings. The van der Waals surface area contributed by atoms with Gasteiger partial charge in [0.2, 0.25) is 7.51 Å². The van der Waals surface area contributed by atoms with Gasteiger partial charge in [0.25, 0.3) is 0 Å². The molecule has 1 atom stereocenters. The molecule has 5 heteroatoms. The van der Waals surface area contributed by atoms with Crippen LogP contribution in [-0.4, -0.2) is 13.8 Å². The molecule has 44 valence electrons. The second kappa shape index (κ2) is 3.02. The van der Waals surface area contributed by atoms with Crippen molar-refractivity contribution in [1.82, 2.24) is 0 Å². The number of hydrogen-bond acceptors (Lipinski definition) is 3. The molecule has 0 fully saturated rings. The Bertz CT molecular complexity index is 87.7. The smallest absolute Gasteiger partial charge is 0.216 e. The maximum Gasteiger partial charge on any atom is 0.216 e. The van der Waals surface area contributed by atoms with E-state index in [1.165, 1.54) is 7.11 Å². The molecule has 0 aromatic carbocycles. The number of rotatable bonds is 2. The van der Waals surface area contributed by atoms with E-state index in [1.54, 1.807) is 29.7 Å². The molecule has 0 bridgehead atoms. The zero-order chi connectivity index (χ0) is 5.91. The van der Waals surface area contributed by atoms with Crippen LogP contribution in [-0.2, 0) is 7.38 Å². The van der Waals surface area contributed by atoms with Crippen molar-refractivity contribution in [2.24, 2.45) is 0 Å². The van der Waals surface area contributed by atoms with Gasteiger partial charge in [-0.1, -0.05) is 0 Å². The molecule has 0 heterocycles. The van der Waals surface area contributed by atoms with E-state index in [-0.39, 0.29) is 0 Å². The Morgan fingerprint density at radius 1 is 1.71 bits per heavy atom. The Kier molecular flexibility index (Phi) is 3.40. The predicted octanol–water partition coefficient (Wildman–Crippen LogP) is 2.24. The second-order valence-electron chi connectivity index (χ2n) is 1.10. The highest BCUT2D eigenvalue weighted by Gasteiger charge is 2.04. The minimum Gasteiger partial charge on any atom is -0.327 e. The Morgan fingerprint density at radius 2 is 2.14 bits per heavy atom. The highest BCUT2D eigenvalue weighted by molar-refractivity contribution is 14.1. The fourth-order valence-electron chi connectivity index (χ4n) is 0.0282. The summed E-state index contributed by atoms with van der Waals surface area (Å²) in [7, 11) is -0.696. The zero-order valence-corrected chi connectivity index (χ0v) is 7.19. The van der Waals surface area contributed by atoms with Crippen LogP contribution in [0.4, 0.5) is 0 Å². The first-order valence-corrected chi connectivity index (χ1v) is 4.55. The average molecular weight is 235 g/mol. The molecule has 0 rings (SSSR count). The maximum atomic E-state index is 7.08. The molecule has 0 amide bonds. The number of hydrogen-bond donors (Lipinski definition) is 1. The molecule has 7 heavy (non-hydrogen) atoms. The Hall–Kier alpha value is 0.880. The molecular weight excluding hydrogens is 228 g/mol. The van der Waals surface area contributed by atoms with Crippen molar-refractivity contribution in [2.75, 3.05) is 13.8 Å². The van der Waals surface area contributed by atoms with E-state index in [0.717, 1.165) is 0 Å². The first-order chi connectivity index (χ1) is 3.12. The van der Waals surface area contributed by atoms with Crippen LogP contribution < -0.4 is 0 Å². The summed E-state index contributed by atoms with van der Waals surface area (Å²) in [4.78, 5) is 0. The van der Waals surface area contributed by atoms with Crippen molar-refractivity contribution < 1.29 is 7.38 Å². The van der Waals surface area contributed by atoms with Crippen molar-refractivity contribution in [1.29, 1.82) is 5.16 Å². The number of halogens is 1. The van der Waals surface area contributed by atoms with Crippen LogP contribution in [0.1, 0.15) is 0 Å². The van der Waals surface area contributed by atoms with Crippen LogP contribution >= 0.6 is 30.5 Å². The van der Waals surface area contributed by atoms with Gasteiger partial charge in [-0.25, -0.2) is 0 Å². The van der Waals surface area contributed by atoms with Crippen LogP contribution in [0.3, 0.4) is 0 Å². The standard InChI is InChI=1S/C2H7INO2P/c1-5-7(2,4)6-3/h4H,1-2H3. The lowest BCUT2D eigenvalue weighted by atomic mass is 11.8. The van der Waals surface area contributed by atoms with Gasteiger partial charge in [-0.3, -0.25) is 8.02 Å². The molecule has 3 nitrogen and oxygen atoms in total. The summed E-state index contributed by atoms with van der Waals surface area (Å²) in [5, 5.41) is 7.08. The van der Waals surface area contributed by atoms with E-state index < -0.39 is 7.51 Å². The van der Waals surface area contributed by atoms with Gasteiger partial charge < -0.3 is 4.52 Å². The molecule has 0 saturated carbocycles. The van der Waals surface area contributed by atoms with E-state index in [1.807, 2.05) is 0 Å². The SMILES string of the molecule is COP(C)(=N)OI. The monoisotopic (exact) mass is 235 g/mol. The summed E-state index contributed by atoms with van der Waals surface area (Å²) in [6, 6.07) is 0. The van der Waals surface area contributed by atoms with Crippen molar-refractivity contribution >= 4 is 30.5 Å². The normalized spacial score (nSPS) is 18.7. The van der Waals surface area contributed by atoms with Gasteiger partial charge in [0.05, 0.1) is 0 Å². The fourth-order valence-corrected chi connectivity index (χ4v) is 0.567. The Labute approximate surface area is 57.1 Å². The van der Waals surface area contributed by atoms with Gasteiger partial charge in [-0.15, -0.1) is 0 Å². The highest BCUT2D eigenvalue weighted by Crippen LogP contribution is 2.45. The lowest BCUT2D eigenvalue weighted by molar-refractivity contribution is 0.412. The molecule has 0 spiro atoms. The molecule has 0 aliphatic rings. The van der Waals surface area contributed by atoms with Crippen molar-refractivity contribution in [3.05, 3.63) is 0 Å².